The fourth-order valence-electron chi connectivity index (χ4n) is 4.75. The Balaban J connectivity index is 1.52. The predicted molar refractivity (Wildman–Crippen MR) is 151 cm³/mol. The molecule has 1 saturated heterocycles. The Hall–Kier alpha value is -3.18. The summed E-state index contributed by atoms with van der Waals surface area (Å²) < 4.78 is 59.2. The number of halogens is 3. The Labute approximate surface area is 242 Å². The maximum Gasteiger partial charge on any atom is 0.419 e. The van der Waals surface area contributed by atoms with E-state index in [2.05, 4.69) is 10.2 Å². The van der Waals surface area contributed by atoms with Crippen molar-refractivity contribution in [3.05, 3.63) is 64.7 Å². The largest absolute Gasteiger partial charge is 0.493 e. The second-order valence-electron chi connectivity index (χ2n) is 11.7. The Morgan fingerprint density at radius 3 is 2.41 bits per heavy atom. The quantitative estimate of drug-likeness (QED) is 0.249. The van der Waals surface area contributed by atoms with Crippen molar-refractivity contribution in [3.8, 4) is 16.3 Å². The zero-order chi connectivity index (χ0) is 30.1. The fourth-order valence-corrected chi connectivity index (χ4v) is 5.71. The summed E-state index contributed by atoms with van der Waals surface area (Å²) in [5.41, 5.74) is -2.20. The zero-order valence-corrected chi connectivity index (χ0v) is 25.0. The molecule has 41 heavy (non-hydrogen) atoms. The van der Waals surface area contributed by atoms with E-state index in [4.69, 9.17) is 14.2 Å². The van der Waals surface area contributed by atoms with Crippen LogP contribution in [0.1, 0.15) is 70.5 Å². The van der Waals surface area contributed by atoms with Crippen molar-refractivity contribution in [1.29, 1.82) is 0 Å². The molecule has 7 nitrogen and oxygen atoms in total. The van der Waals surface area contributed by atoms with E-state index in [1.54, 1.807) is 47.6 Å². The zero-order valence-electron chi connectivity index (χ0n) is 24.2. The molecular formula is C30H36F3N3O4S. The molecule has 0 bridgehead atoms. The van der Waals surface area contributed by atoms with Gasteiger partial charge in [0.05, 0.1) is 18.8 Å². The van der Waals surface area contributed by atoms with Gasteiger partial charge in [0.25, 0.3) is 0 Å². The molecule has 0 spiro atoms. The second kappa shape index (κ2) is 11.6. The Kier molecular flexibility index (Phi) is 8.71. The van der Waals surface area contributed by atoms with E-state index >= 15 is 0 Å². The van der Waals surface area contributed by atoms with Crippen LogP contribution in [-0.2, 0) is 27.6 Å². The minimum absolute atomic E-state index is 0.124. The summed E-state index contributed by atoms with van der Waals surface area (Å²) in [6.07, 6.45) is -2.94. The molecule has 0 N–H and O–H groups in total. The summed E-state index contributed by atoms with van der Waals surface area (Å²) in [5.74, 6) is -0.222. The van der Waals surface area contributed by atoms with Gasteiger partial charge in [0.1, 0.15) is 32.6 Å². The third-order valence-electron chi connectivity index (χ3n) is 6.69. The first-order chi connectivity index (χ1) is 19.1. The average Bonchev–Trinajstić information content (AvgIpc) is 3.46. The molecule has 1 atom stereocenters. The summed E-state index contributed by atoms with van der Waals surface area (Å²) in [4.78, 5) is 14.7. The van der Waals surface area contributed by atoms with Crippen LogP contribution in [-0.4, -0.2) is 45.7 Å². The van der Waals surface area contributed by atoms with E-state index in [1.807, 2.05) is 30.3 Å². The number of alkyl halides is 3. The smallest absolute Gasteiger partial charge is 0.419 e. The first-order valence-corrected chi connectivity index (χ1v) is 14.3. The number of benzene rings is 2. The van der Waals surface area contributed by atoms with Crippen molar-refractivity contribution >= 4 is 17.4 Å². The number of rotatable bonds is 8. The van der Waals surface area contributed by atoms with Crippen LogP contribution in [0.25, 0.3) is 10.6 Å². The summed E-state index contributed by atoms with van der Waals surface area (Å²) >= 11 is 1.11. The highest BCUT2D eigenvalue weighted by molar-refractivity contribution is 7.14. The first kappa shape index (κ1) is 30.8. The number of carbonyl (C=O) groups is 1. The van der Waals surface area contributed by atoms with E-state index in [9.17, 15) is 18.0 Å². The van der Waals surface area contributed by atoms with Crippen LogP contribution in [0.2, 0.25) is 0 Å². The lowest BCUT2D eigenvalue weighted by Crippen LogP contribution is -2.54. The SMILES string of the molecule is CC(C)(C)OC(=O)N1C(C)(C)OCC1(C)c1nnc(-c2ccc(OCCCCc3ccccc3)c(C(F)(F)F)c2)s1. The number of aryl methyl sites for hydroxylation is 1. The number of aromatic nitrogens is 2. The highest BCUT2D eigenvalue weighted by Crippen LogP contribution is 2.45. The van der Waals surface area contributed by atoms with E-state index in [0.717, 1.165) is 30.2 Å². The van der Waals surface area contributed by atoms with Gasteiger partial charge in [-0.15, -0.1) is 10.2 Å². The van der Waals surface area contributed by atoms with Crippen LogP contribution < -0.4 is 4.74 Å². The maximum absolute atomic E-state index is 14.0. The molecule has 4 rings (SSSR count). The summed E-state index contributed by atoms with van der Waals surface area (Å²) in [6, 6.07) is 13.8. The third kappa shape index (κ3) is 7.19. The predicted octanol–water partition coefficient (Wildman–Crippen LogP) is 7.84. The molecular weight excluding hydrogens is 555 g/mol. The van der Waals surface area contributed by atoms with Gasteiger partial charge in [-0.1, -0.05) is 41.7 Å². The molecule has 1 amide bonds. The van der Waals surface area contributed by atoms with Crippen molar-refractivity contribution in [3.63, 3.8) is 0 Å². The number of nitrogens with zero attached hydrogens (tertiary/aromatic N) is 3. The normalized spacial score (nSPS) is 18.9. The molecule has 0 saturated carbocycles. The molecule has 0 radical (unpaired) electrons. The molecule has 2 aromatic carbocycles. The lowest BCUT2D eigenvalue weighted by atomic mass is 10.0. The van der Waals surface area contributed by atoms with E-state index in [1.165, 1.54) is 16.5 Å². The van der Waals surface area contributed by atoms with E-state index < -0.39 is 34.7 Å². The Bertz CT molecular complexity index is 1360. The molecule has 3 aromatic rings. The third-order valence-corrected chi connectivity index (χ3v) is 7.92. The van der Waals surface area contributed by atoms with Gasteiger partial charge in [-0.3, -0.25) is 4.90 Å². The molecule has 222 valence electrons. The number of hydrogen-bond donors (Lipinski definition) is 0. The van der Waals surface area contributed by atoms with Gasteiger partial charge in [-0.2, -0.15) is 13.2 Å². The maximum atomic E-state index is 14.0. The van der Waals surface area contributed by atoms with Gasteiger partial charge in [-0.25, -0.2) is 4.79 Å². The number of hydrogen-bond acceptors (Lipinski definition) is 7. The monoisotopic (exact) mass is 591 g/mol. The van der Waals surface area contributed by atoms with Crippen molar-refractivity contribution in [2.45, 2.75) is 83.8 Å². The van der Waals surface area contributed by atoms with Crippen LogP contribution in [0.4, 0.5) is 18.0 Å². The van der Waals surface area contributed by atoms with Crippen molar-refractivity contribution in [2.75, 3.05) is 13.2 Å². The minimum Gasteiger partial charge on any atom is -0.493 e. The molecule has 1 unspecified atom stereocenters. The van der Waals surface area contributed by atoms with Gasteiger partial charge in [0, 0.05) is 5.56 Å². The van der Waals surface area contributed by atoms with Crippen LogP contribution in [0.5, 0.6) is 5.75 Å². The lowest BCUT2D eigenvalue weighted by Gasteiger charge is -2.39. The van der Waals surface area contributed by atoms with Crippen LogP contribution in [0, 0.1) is 0 Å². The molecule has 2 heterocycles. The van der Waals surface area contributed by atoms with Gasteiger partial charge in [0.2, 0.25) is 0 Å². The molecule has 1 aliphatic heterocycles. The van der Waals surface area contributed by atoms with Gasteiger partial charge in [0.15, 0.2) is 0 Å². The number of carbonyl (C=O) groups excluding carboxylic acids is 1. The number of amides is 1. The van der Waals surface area contributed by atoms with Gasteiger partial charge < -0.3 is 14.2 Å². The van der Waals surface area contributed by atoms with Gasteiger partial charge in [-0.05, 0) is 84.6 Å². The van der Waals surface area contributed by atoms with Crippen molar-refractivity contribution in [1.82, 2.24) is 15.1 Å². The molecule has 1 aliphatic rings. The minimum atomic E-state index is -4.62. The highest BCUT2D eigenvalue weighted by atomic mass is 32.1. The molecule has 1 fully saturated rings. The van der Waals surface area contributed by atoms with E-state index in [0.29, 0.717) is 11.4 Å². The summed E-state index contributed by atoms with van der Waals surface area (Å²) in [5, 5.41) is 9.18. The fraction of sp³-hybridized carbons (Fsp3) is 0.500. The standard InChI is InChI=1S/C30H36F3N3O4S/c1-27(2,3)40-26(37)36-28(4,5)39-19-29(36,6)25-35-34-24(41-25)21-15-16-23(22(18-21)30(31,32)33)38-17-11-10-14-20-12-8-7-9-13-20/h7-9,12-13,15-16,18H,10-11,14,17,19H2,1-6H3. The first-order valence-electron chi connectivity index (χ1n) is 13.5. The average molecular weight is 592 g/mol. The highest BCUT2D eigenvalue weighted by Gasteiger charge is 2.55. The molecule has 0 aliphatic carbocycles. The number of unbranched alkanes of at least 4 members (excludes halogenated alkanes) is 1. The van der Waals surface area contributed by atoms with Crippen molar-refractivity contribution < 1.29 is 32.2 Å². The van der Waals surface area contributed by atoms with Crippen molar-refractivity contribution in [2.24, 2.45) is 0 Å². The Morgan fingerprint density at radius 1 is 1.05 bits per heavy atom. The van der Waals surface area contributed by atoms with E-state index in [-0.39, 0.29) is 29.5 Å². The molecule has 11 heteroatoms. The number of ether oxygens (including phenoxy) is 3. The second-order valence-corrected chi connectivity index (χ2v) is 12.7. The lowest BCUT2D eigenvalue weighted by molar-refractivity contribution is -0.138. The summed E-state index contributed by atoms with van der Waals surface area (Å²) in [7, 11) is 0. The van der Waals surface area contributed by atoms with Gasteiger partial charge >= 0.3 is 12.3 Å². The molecule has 1 aromatic heterocycles. The van der Waals surface area contributed by atoms with Crippen LogP contribution in [0.3, 0.4) is 0 Å². The topological polar surface area (TPSA) is 73.8 Å². The summed E-state index contributed by atoms with van der Waals surface area (Å²) in [6.45, 7) is 10.9. The van der Waals surface area contributed by atoms with Crippen LogP contribution >= 0.6 is 11.3 Å². The Morgan fingerprint density at radius 2 is 1.76 bits per heavy atom. The van der Waals surface area contributed by atoms with Crippen LogP contribution in [0.15, 0.2) is 48.5 Å².